The van der Waals surface area contributed by atoms with Crippen LogP contribution in [0, 0.1) is 0 Å². The minimum Gasteiger partial charge on any atom is -0.491 e. The van der Waals surface area contributed by atoms with Gasteiger partial charge in [-0.1, -0.05) is 30.3 Å². The maximum Gasteiger partial charge on any atom is 0.410 e. The SMILES string of the molecule is CC(C)(C)OC(=O)N(C[C@H](O)COc1ccccc1)[C@H](CO)Cc1ccc(NC(=O)Nc2ccc(N)cc2)cc1. The van der Waals surface area contributed by atoms with Crippen molar-refractivity contribution in [2.45, 2.75) is 44.9 Å². The van der Waals surface area contributed by atoms with Gasteiger partial charge < -0.3 is 36.1 Å². The van der Waals surface area contributed by atoms with Crippen LogP contribution in [0.4, 0.5) is 26.7 Å². The van der Waals surface area contributed by atoms with Gasteiger partial charge in [0.15, 0.2) is 0 Å². The third kappa shape index (κ3) is 10.1. The molecule has 0 bridgehead atoms. The highest BCUT2D eigenvalue weighted by atomic mass is 16.6. The van der Waals surface area contributed by atoms with E-state index in [9.17, 15) is 19.8 Å². The number of carbonyl (C=O) groups is 2. The molecule has 0 aromatic heterocycles. The predicted molar refractivity (Wildman–Crippen MR) is 155 cm³/mol. The number of urea groups is 1. The molecule has 0 unspecified atom stereocenters. The van der Waals surface area contributed by atoms with Crippen molar-refractivity contribution in [2.24, 2.45) is 0 Å². The molecule has 2 atom stereocenters. The number of rotatable bonds is 11. The normalized spacial score (nSPS) is 12.6. The molecule has 0 fully saturated rings. The zero-order valence-electron chi connectivity index (χ0n) is 23.0. The topological polar surface area (TPSA) is 146 Å². The highest BCUT2D eigenvalue weighted by Crippen LogP contribution is 2.18. The Morgan fingerprint density at radius 2 is 1.50 bits per heavy atom. The first-order chi connectivity index (χ1) is 19.0. The van der Waals surface area contributed by atoms with Gasteiger partial charge in [0, 0.05) is 17.1 Å². The number of para-hydroxylation sites is 1. The summed E-state index contributed by atoms with van der Waals surface area (Å²) in [5, 5.41) is 26.4. The molecule has 3 amide bonds. The Morgan fingerprint density at radius 1 is 0.925 bits per heavy atom. The van der Waals surface area contributed by atoms with Crippen LogP contribution < -0.4 is 21.1 Å². The number of ether oxygens (including phenoxy) is 2. The zero-order chi connectivity index (χ0) is 29.1. The first-order valence-electron chi connectivity index (χ1n) is 13.0. The van der Waals surface area contributed by atoms with Gasteiger partial charge in [0.05, 0.1) is 19.2 Å². The molecule has 3 aromatic carbocycles. The molecule has 0 aliphatic heterocycles. The van der Waals surface area contributed by atoms with Crippen molar-refractivity contribution >= 4 is 29.2 Å². The number of aliphatic hydroxyl groups excluding tert-OH is 2. The highest BCUT2D eigenvalue weighted by Gasteiger charge is 2.30. The molecule has 10 heteroatoms. The average molecular weight is 551 g/mol. The molecule has 3 aromatic rings. The number of carbonyl (C=O) groups excluding carboxylic acids is 2. The molecule has 214 valence electrons. The fraction of sp³-hybridized carbons (Fsp3) is 0.333. The maximum absolute atomic E-state index is 13.1. The second-order valence-corrected chi connectivity index (χ2v) is 10.3. The van der Waals surface area contributed by atoms with Gasteiger partial charge >= 0.3 is 12.1 Å². The van der Waals surface area contributed by atoms with Crippen LogP contribution in [0.15, 0.2) is 78.9 Å². The summed E-state index contributed by atoms with van der Waals surface area (Å²) in [5.74, 6) is 0.597. The number of nitrogens with zero attached hydrogens (tertiary/aromatic N) is 1. The average Bonchev–Trinajstić information content (AvgIpc) is 2.91. The number of hydrogen-bond donors (Lipinski definition) is 5. The van der Waals surface area contributed by atoms with Crippen molar-refractivity contribution in [1.29, 1.82) is 0 Å². The monoisotopic (exact) mass is 550 g/mol. The first-order valence-corrected chi connectivity index (χ1v) is 13.0. The molecule has 10 nitrogen and oxygen atoms in total. The first kappa shape index (κ1) is 30.3. The molecule has 0 spiro atoms. The van der Waals surface area contributed by atoms with Gasteiger partial charge in [-0.25, -0.2) is 9.59 Å². The Bertz CT molecular complexity index is 1210. The number of benzene rings is 3. The van der Waals surface area contributed by atoms with Crippen molar-refractivity contribution in [3.8, 4) is 5.75 Å². The van der Waals surface area contributed by atoms with Gasteiger partial charge in [-0.15, -0.1) is 0 Å². The second kappa shape index (κ2) is 14.2. The van der Waals surface area contributed by atoms with Crippen LogP contribution in [0.3, 0.4) is 0 Å². The highest BCUT2D eigenvalue weighted by molar-refractivity contribution is 5.99. The molecule has 6 N–H and O–H groups in total. The minimum absolute atomic E-state index is 0.0414. The molecule has 0 heterocycles. The lowest BCUT2D eigenvalue weighted by atomic mass is 10.0. The quantitative estimate of drug-likeness (QED) is 0.221. The summed E-state index contributed by atoms with van der Waals surface area (Å²) < 4.78 is 11.2. The van der Waals surface area contributed by atoms with E-state index in [0.717, 1.165) is 5.56 Å². The van der Waals surface area contributed by atoms with E-state index < -0.39 is 29.9 Å². The van der Waals surface area contributed by atoms with Crippen molar-refractivity contribution in [2.75, 3.05) is 36.1 Å². The number of nitrogen functional groups attached to an aromatic ring is 1. The Kier molecular flexibility index (Phi) is 10.7. The molecular weight excluding hydrogens is 512 g/mol. The number of amides is 3. The van der Waals surface area contributed by atoms with Crippen LogP contribution in [0.5, 0.6) is 5.75 Å². The standard InChI is InChI=1S/C30H38N4O6/c1-30(2,3)40-29(38)34(18-26(36)20-39-27-7-5-4-6-8-27)25(19-35)17-21-9-13-23(14-10-21)32-28(37)33-24-15-11-22(31)12-16-24/h4-16,25-26,35-36H,17-20,31H2,1-3H3,(H2,32,33,37)/t25-,26-/m0/s1. The maximum atomic E-state index is 13.1. The van der Waals surface area contributed by atoms with Crippen LogP contribution in [0.2, 0.25) is 0 Å². The largest absolute Gasteiger partial charge is 0.491 e. The van der Waals surface area contributed by atoms with Crippen LogP contribution >= 0.6 is 0 Å². The Hall–Kier alpha value is -4.28. The van der Waals surface area contributed by atoms with Crippen LogP contribution in [0.25, 0.3) is 0 Å². The van der Waals surface area contributed by atoms with Gasteiger partial charge in [0.2, 0.25) is 0 Å². The molecule has 3 rings (SSSR count). The van der Waals surface area contributed by atoms with E-state index in [-0.39, 0.29) is 19.8 Å². The lowest BCUT2D eigenvalue weighted by Gasteiger charge is -2.34. The molecule has 0 aliphatic rings. The second-order valence-electron chi connectivity index (χ2n) is 10.3. The number of aliphatic hydroxyl groups is 2. The third-order valence-electron chi connectivity index (χ3n) is 5.72. The molecule has 0 aliphatic carbocycles. The van der Waals surface area contributed by atoms with E-state index in [1.807, 2.05) is 18.2 Å². The minimum atomic E-state index is -1.02. The zero-order valence-corrected chi connectivity index (χ0v) is 23.0. The van der Waals surface area contributed by atoms with E-state index in [1.54, 1.807) is 81.4 Å². The predicted octanol–water partition coefficient (Wildman–Crippen LogP) is 4.49. The van der Waals surface area contributed by atoms with Gasteiger partial charge in [-0.05, 0) is 81.3 Å². The fourth-order valence-electron chi connectivity index (χ4n) is 3.81. The van der Waals surface area contributed by atoms with E-state index in [4.69, 9.17) is 15.2 Å². The molecular formula is C30H38N4O6. The summed E-state index contributed by atoms with van der Waals surface area (Å²) in [6.07, 6.45) is -1.38. The summed E-state index contributed by atoms with van der Waals surface area (Å²) in [7, 11) is 0. The van der Waals surface area contributed by atoms with Gasteiger partial charge in [0.25, 0.3) is 0 Å². The van der Waals surface area contributed by atoms with Crippen LogP contribution in [0.1, 0.15) is 26.3 Å². The number of nitrogens with one attached hydrogen (secondary N) is 2. The van der Waals surface area contributed by atoms with Crippen molar-refractivity contribution in [1.82, 2.24) is 4.90 Å². The Labute approximate surface area is 234 Å². The summed E-state index contributed by atoms with van der Waals surface area (Å²) in [5.41, 5.74) is 7.49. The number of anilines is 3. The number of hydrogen-bond acceptors (Lipinski definition) is 7. The molecule has 0 saturated heterocycles. The van der Waals surface area contributed by atoms with Crippen LogP contribution in [-0.2, 0) is 11.2 Å². The van der Waals surface area contributed by atoms with E-state index in [1.165, 1.54) is 4.90 Å². The lowest BCUT2D eigenvalue weighted by molar-refractivity contribution is -0.00891. The third-order valence-corrected chi connectivity index (χ3v) is 5.72. The van der Waals surface area contributed by atoms with Crippen molar-refractivity contribution < 1.29 is 29.3 Å². The summed E-state index contributed by atoms with van der Waals surface area (Å²) >= 11 is 0. The Morgan fingerprint density at radius 3 is 2.05 bits per heavy atom. The summed E-state index contributed by atoms with van der Waals surface area (Å²) in [6.45, 7) is 4.76. The van der Waals surface area contributed by atoms with E-state index in [0.29, 0.717) is 29.2 Å². The fourth-order valence-corrected chi connectivity index (χ4v) is 3.81. The van der Waals surface area contributed by atoms with E-state index >= 15 is 0 Å². The lowest BCUT2D eigenvalue weighted by Crippen LogP contribution is -2.50. The molecule has 40 heavy (non-hydrogen) atoms. The summed E-state index contributed by atoms with van der Waals surface area (Å²) in [6, 6.07) is 21.8. The van der Waals surface area contributed by atoms with Crippen LogP contribution in [-0.4, -0.2) is 64.7 Å². The van der Waals surface area contributed by atoms with Crippen molar-refractivity contribution in [3.05, 3.63) is 84.4 Å². The molecule has 0 saturated carbocycles. The number of nitrogens with two attached hydrogens (primary N) is 1. The Balaban J connectivity index is 1.64. The smallest absolute Gasteiger partial charge is 0.410 e. The molecule has 0 radical (unpaired) electrons. The van der Waals surface area contributed by atoms with Gasteiger partial charge in [-0.2, -0.15) is 0 Å². The van der Waals surface area contributed by atoms with E-state index in [2.05, 4.69) is 10.6 Å². The van der Waals surface area contributed by atoms with Gasteiger partial charge in [-0.3, -0.25) is 4.90 Å². The summed E-state index contributed by atoms with van der Waals surface area (Å²) in [4.78, 5) is 26.7. The van der Waals surface area contributed by atoms with Crippen molar-refractivity contribution in [3.63, 3.8) is 0 Å². The van der Waals surface area contributed by atoms with Gasteiger partial charge in [0.1, 0.15) is 24.1 Å².